The third-order valence-corrected chi connectivity index (χ3v) is 4.45. The zero-order valence-corrected chi connectivity index (χ0v) is 14.6. The highest BCUT2D eigenvalue weighted by Gasteiger charge is 2.33. The van der Waals surface area contributed by atoms with Crippen LogP contribution in [0.2, 0.25) is 0 Å². The molecule has 0 spiro atoms. The van der Waals surface area contributed by atoms with E-state index in [2.05, 4.69) is 5.32 Å². The van der Waals surface area contributed by atoms with Crippen LogP contribution in [-0.2, 0) is 4.79 Å². The summed E-state index contributed by atoms with van der Waals surface area (Å²) in [5.74, 6) is -0.111. The molecule has 2 heterocycles. The fourth-order valence-electron chi connectivity index (χ4n) is 3.06. The van der Waals surface area contributed by atoms with Crippen molar-refractivity contribution in [2.24, 2.45) is 0 Å². The van der Waals surface area contributed by atoms with Crippen molar-refractivity contribution in [3.63, 3.8) is 0 Å². The van der Waals surface area contributed by atoms with E-state index in [0.717, 1.165) is 24.2 Å². The molecule has 132 valence electrons. The van der Waals surface area contributed by atoms with Gasteiger partial charge in [-0.1, -0.05) is 0 Å². The summed E-state index contributed by atoms with van der Waals surface area (Å²) < 4.78 is 5.20. The Balaban J connectivity index is 1.71. The van der Waals surface area contributed by atoms with Crippen LogP contribution >= 0.6 is 0 Å². The van der Waals surface area contributed by atoms with E-state index in [9.17, 15) is 9.59 Å². The number of benzene rings is 1. The van der Waals surface area contributed by atoms with Gasteiger partial charge in [0.2, 0.25) is 5.91 Å². The molecule has 0 radical (unpaired) electrons. The molecule has 1 aromatic heterocycles. The number of amides is 2. The smallest absolute Gasteiger partial charge is 0.290 e. The van der Waals surface area contributed by atoms with Crippen molar-refractivity contribution in [1.82, 2.24) is 4.90 Å². The molecule has 1 aromatic carbocycles. The van der Waals surface area contributed by atoms with Crippen LogP contribution in [0.25, 0.3) is 0 Å². The molecular weight excluding hydrogens is 318 g/mol. The topological polar surface area (TPSA) is 65.8 Å². The largest absolute Gasteiger partial charge is 0.459 e. The van der Waals surface area contributed by atoms with Crippen molar-refractivity contribution in [3.8, 4) is 0 Å². The molecule has 0 bridgehead atoms. The van der Waals surface area contributed by atoms with Crippen LogP contribution in [0.1, 0.15) is 29.8 Å². The lowest BCUT2D eigenvalue weighted by Gasteiger charge is -2.34. The second-order valence-corrected chi connectivity index (χ2v) is 6.42. The van der Waals surface area contributed by atoms with Gasteiger partial charge in [-0.3, -0.25) is 9.59 Å². The minimum Gasteiger partial charge on any atom is -0.459 e. The minimum absolute atomic E-state index is 0.155. The molecule has 1 fully saturated rings. The average Bonchev–Trinajstić information content (AvgIpc) is 3.16. The van der Waals surface area contributed by atoms with Crippen LogP contribution in [0.4, 0.5) is 11.4 Å². The number of likely N-dealkylation sites (tertiary alicyclic amines) is 1. The standard InChI is InChI=1S/C19H23N3O3/c1-21(2)15-10-8-14(9-11-15)20-18(23)16-6-3-4-12-22(16)19(24)17-7-5-13-25-17/h5,7-11,13,16H,3-4,6,12H2,1-2H3,(H,20,23)/t16-/m0/s1. The molecule has 6 heteroatoms. The van der Waals surface area contributed by atoms with Crippen molar-refractivity contribution in [2.45, 2.75) is 25.3 Å². The van der Waals surface area contributed by atoms with Gasteiger partial charge in [0.15, 0.2) is 5.76 Å². The molecule has 3 rings (SSSR count). The zero-order chi connectivity index (χ0) is 17.8. The summed E-state index contributed by atoms with van der Waals surface area (Å²) in [6.07, 6.45) is 3.96. The van der Waals surface area contributed by atoms with Crippen LogP contribution in [0.3, 0.4) is 0 Å². The lowest BCUT2D eigenvalue weighted by molar-refractivity contribution is -0.121. The molecule has 1 atom stereocenters. The predicted octanol–water partition coefficient (Wildman–Crippen LogP) is 2.98. The van der Waals surface area contributed by atoms with Crippen molar-refractivity contribution in [1.29, 1.82) is 0 Å². The van der Waals surface area contributed by atoms with Gasteiger partial charge in [-0.2, -0.15) is 0 Å². The van der Waals surface area contributed by atoms with E-state index in [-0.39, 0.29) is 17.6 Å². The Labute approximate surface area is 147 Å². The van der Waals surface area contributed by atoms with Gasteiger partial charge in [0.1, 0.15) is 6.04 Å². The first kappa shape index (κ1) is 17.1. The van der Waals surface area contributed by atoms with Gasteiger partial charge in [-0.05, 0) is 55.7 Å². The Morgan fingerprint density at radius 3 is 2.56 bits per heavy atom. The third kappa shape index (κ3) is 3.84. The molecule has 1 aliphatic heterocycles. The zero-order valence-electron chi connectivity index (χ0n) is 14.6. The summed E-state index contributed by atoms with van der Waals surface area (Å²) in [6.45, 7) is 0.567. The summed E-state index contributed by atoms with van der Waals surface area (Å²) in [5.41, 5.74) is 1.79. The van der Waals surface area contributed by atoms with Crippen molar-refractivity contribution >= 4 is 23.2 Å². The van der Waals surface area contributed by atoms with Gasteiger partial charge >= 0.3 is 0 Å². The molecule has 0 unspecified atom stereocenters. The molecule has 2 aromatic rings. The van der Waals surface area contributed by atoms with Crippen LogP contribution in [0.15, 0.2) is 47.1 Å². The first-order chi connectivity index (χ1) is 12.1. The molecule has 1 saturated heterocycles. The predicted molar refractivity (Wildman–Crippen MR) is 96.8 cm³/mol. The second-order valence-electron chi connectivity index (χ2n) is 6.42. The van der Waals surface area contributed by atoms with Crippen molar-refractivity contribution in [2.75, 3.05) is 30.9 Å². The second kappa shape index (κ2) is 7.42. The molecule has 2 amide bonds. The highest BCUT2D eigenvalue weighted by Crippen LogP contribution is 2.22. The number of nitrogens with one attached hydrogen (secondary N) is 1. The van der Waals surface area contributed by atoms with E-state index in [1.165, 1.54) is 6.26 Å². The monoisotopic (exact) mass is 341 g/mol. The SMILES string of the molecule is CN(C)c1ccc(NC(=O)[C@@H]2CCCCN2C(=O)c2ccco2)cc1. The lowest BCUT2D eigenvalue weighted by atomic mass is 10.0. The van der Waals surface area contributed by atoms with Gasteiger partial charge in [0.05, 0.1) is 6.26 Å². The van der Waals surface area contributed by atoms with E-state index >= 15 is 0 Å². The van der Waals surface area contributed by atoms with Crippen LogP contribution < -0.4 is 10.2 Å². The van der Waals surface area contributed by atoms with Crippen LogP contribution in [0.5, 0.6) is 0 Å². The van der Waals surface area contributed by atoms with E-state index in [1.807, 2.05) is 43.3 Å². The maximum atomic E-state index is 12.7. The number of hydrogen-bond donors (Lipinski definition) is 1. The first-order valence-electron chi connectivity index (χ1n) is 8.49. The van der Waals surface area contributed by atoms with E-state index < -0.39 is 6.04 Å². The fraction of sp³-hybridized carbons (Fsp3) is 0.368. The number of furan rings is 1. The lowest BCUT2D eigenvalue weighted by Crippen LogP contribution is -2.49. The highest BCUT2D eigenvalue weighted by molar-refractivity contribution is 6.00. The number of piperidine rings is 1. The Bertz CT molecular complexity index is 723. The number of nitrogens with zero attached hydrogens (tertiary/aromatic N) is 2. The van der Waals surface area contributed by atoms with Gasteiger partial charge in [0.25, 0.3) is 5.91 Å². The number of carbonyl (C=O) groups is 2. The first-order valence-corrected chi connectivity index (χ1v) is 8.49. The highest BCUT2D eigenvalue weighted by atomic mass is 16.3. The summed E-state index contributed by atoms with van der Waals surface area (Å²) in [7, 11) is 3.93. The quantitative estimate of drug-likeness (QED) is 0.928. The number of carbonyl (C=O) groups excluding carboxylic acids is 2. The Morgan fingerprint density at radius 2 is 1.92 bits per heavy atom. The summed E-state index contributed by atoms with van der Waals surface area (Å²) in [4.78, 5) is 28.9. The average molecular weight is 341 g/mol. The molecule has 1 aliphatic rings. The van der Waals surface area contributed by atoms with Gasteiger partial charge in [-0.15, -0.1) is 0 Å². The van der Waals surface area contributed by atoms with Crippen LogP contribution in [-0.4, -0.2) is 43.4 Å². The molecule has 0 saturated carbocycles. The summed E-state index contributed by atoms with van der Waals surface area (Å²) >= 11 is 0. The number of rotatable bonds is 4. The Morgan fingerprint density at radius 1 is 1.16 bits per heavy atom. The van der Waals surface area contributed by atoms with Gasteiger partial charge in [-0.25, -0.2) is 0 Å². The minimum atomic E-state index is -0.472. The molecular formula is C19H23N3O3. The van der Waals surface area contributed by atoms with E-state index in [1.54, 1.807) is 17.0 Å². The van der Waals surface area contributed by atoms with Crippen molar-refractivity contribution in [3.05, 3.63) is 48.4 Å². The summed E-state index contributed by atoms with van der Waals surface area (Å²) in [5, 5.41) is 2.93. The molecule has 0 aliphatic carbocycles. The normalized spacial score (nSPS) is 17.2. The van der Waals surface area contributed by atoms with Crippen molar-refractivity contribution < 1.29 is 14.0 Å². The number of hydrogen-bond acceptors (Lipinski definition) is 4. The molecule has 6 nitrogen and oxygen atoms in total. The maximum absolute atomic E-state index is 12.7. The summed E-state index contributed by atoms with van der Waals surface area (Å²) in [6, 6.07) is 10.5. The van der Waals surface area contributed by atoms with E-state index in [4.69, 9.17) is 4.42 Å². The Hall–Kier alpha value is -2.76. The number of anilines is 2. The van der Waals surface area contributed by atoms with Crippen LogP contribution in [0, 0.1) is 0 Å². The van der Waals surface area contributed by atoms with E-state index in [0.29, 0.717) is 13.0 Å². The Kier molecular flexibility index (Phi) is 5.07. The van der Waals surface area contributed by atoms with Gasteiger partial charge < -0.3 is 19.5 Å². The fourth-order valence-corrected chi connectivity index (χ4v) is 3.06. The molecule has 1 N–H and O–H groups in total. The molecule has 25 heavy (non-hydrogen) atoms. The maximum Gasteiger partial charge on any atom is 0.290 e. The third-order valence-electron chi connectivity index (χ3n) is 4.45. The van der Waals surface area contributed by atoms with Gasteiger partial charge in [0, 0.05) is 32.0 Å².